The topological polar surface area (TPSA) is 93.7 Å². The van der Waals surface area contributed by atoms with Crippen molar-refractivity contribution >= 4 is 28.4 Å². The Bertz CT molecular complexity index is 1360. The van der Waals surface area contributed by atoms with Gasteiger partial charge in [-0.2, -0.15) is 5.10 Å². The minimum atomic E-state index is -0.557. The lowest BCUT2D eigenvalue weighted by Crippen LogP contribution is -2.35. The molecule has 0 saturated carbocycles. The lowest BCUT2D eigenvalue weighted by atomic mass is 9.78. The van der Waals surface area contributed by atoms with E-state index in [4.69, 9.17) is 13.9 Å². The Morgan fingerprint density at radius 2 is 1.88 bits per heavy atom. The van der Waals surface area contributed by atoms with E-state index >= 15 is 0 Å². The predicted molar refractivity (Wildman–Crippen MR) is 120 cm³/mol. The van der Waals surface area contributed by atoms with E-state index in [2.05, 4.69) is 10.1 Å². The van der Waals surface area contributed by atoms with Gasteiger partial charge in [-0.15, -0.1) is 0 Å². The molecule has 2 aliphatic heterocycles. The number of nitrogens with zero attached hydrogens (tertiary/aromatic N) is 3. The zero-order valence-electron chi connectivity index (χ0n) is 17.9. The number of carbonyl (C=O) groups excluding carboxylic acids is 1. The molecule has 0 saturated heterocycles. The molecule has 2 aromatic carbocycles. The maximum Gasteiger partial charge on any atom is 0.345 e. The molecule has 3 aromatic rings. The second-order valence-electron chi connectivity index (χ2n) is 7.76. The first kappa shape index (κ1) is 20.0. The van der Waals surface area contributed by atoms with Crippen LogP contribution < -0.4 is 15.1 Å². The number of fused-ring (bicyclic) bond motifs is 2. The Morgan fingerprint density at radius 1 is 1.06 bits per heavy atom. The number of benzene rings is 2. The van der Waals surface area contributed by atoms with E-state index in [1.807, 2.05) is 30.3 Å². The largest absolute Gasteiger partial charge is 0.497 e. The Balaban J connectivity index is 1.66. The van der Waals surface area contributed by atoms with Crippen molar-refractivity contribution in [2.75, 3.05) is 21.3 Å². The normalized spacial score (nSPS) is 20.1. The van der Waals surface area contributed by atoms with Crippen molar-refractivity contribution in [2.45, 2.75) is 12.3 Å². The molecule has 3 heterocycles. The maximum atomic E-state index is 12.9. The van der Waals surface area contributed by atoms with E-state index < -0.39 is 11.5 Å². The fourth-order valence-corrected chi connectivity index (χ4v) is 4.38. The minimum Gasteiger partial charge on any atom is -0.497 e. The monoisotopic (exact) mass is 431 g/mol. The third kappa shape index (κ3) is 3.15. The van der Waals surface area contributed by atoms with Crippen LogP contribution in [0.3, 0.4) is 0 Å². The van der Waals surface area contributed by atoms with Gasteiger partial charge in [0.1, 0.15) is 23.0 Å². The molecule has 0 bridgehead atoms. The Labute approximate surface area is 183 Å². The quantitative estimate of drug-likeness (QED) is 0.592. The molecule has 8 heteroatoms. The standard InChI is InChI=1S/C24H21N3O5/c1-27-23(28)21-16(15-9-8-14(30-2)11-20(15)31-3)12-18(25-22(21)26-27)17-10-13-6-4-5-7-19(13)32-24(17)29/h4-11,16,21H,12H2,1-3H3. The van der Waals surface area contributed by atoms with Crippen LogP contribution in [-0.4, -0.2) is 43.7 Å². The molecule has 0 fully saturated rings. The number of amidine groups is 1. The molecule has 32 heavy (non-hydrogen) atoms. The van der Waals surface area contributed by atoms with Crippen LogP contribution >= 0.6 is 0 Å². The Kier molecular flexibility index (Phi) is 4.77. The van der Waals surface area contributed by atoms with Gasteiger partial charge in [0.15, 0.2) is 5.84 Å². The molecule has 5 rings (SSSR count). The van der Waals surface area contributed by atoms with Crippen LogP contribution in [0.5, 0.6) is 11.5 Å². The molecule has 0 radical (unpaired) electrons. The summed E-state index contributed by atoms with van der Waals surface area (Å²) >= 11 is 0. The summed E-state index contributed by atoms with van der Waals surface area (Å²) in [4.78, 5) is 30.4. The number of hydrogen-bond acceptors (Lipinski definition) is 7. The molecule has 0 spiro atoms. The number of hydrogen-bond donors (Lipinski definition) is 0. The van der Waals surface area contributed by atoms with Crippen LogP contribution in [0.2, 0.25) is 0 Å². The van der Waals surface area contributed by atoms with Gasteiger partial charge in [-0.3, -0.25) is 4.79 Å². The smallest absolute Gasteiger partial charge is 0.345 e. The van der Waals surface area contributed by atoms with Crippen molar-refractivity contribution in [3.8, 4) is 11.5 Å². The molecule has 0 aliphatic carbocycles. The second-order valence-corrected chi connectivity index (χ2v) is 7.76. The summed E-state index contributed by atoms with van der Waals surface area (Å²) in [7, 11) is 4.76. The molecule has 2 atom stereocenters. The molecule has 0 N–H and O–H groups in total. The fourth-order valence-electron chi connectivity index (χ4n) is 4.38. The van der Waals surface area contributed by atoms with Gasteiger partial charge in [-0.1, -0.05) is 24.3 Å². The maximum absolute atomic E-state index is 12.9. The molecule has 1 aromatic heterocycles. The minimum absolute atomic E-state index is 0.142. The van der Waals surface area contributed by atoms with Crippen LogP contribution in [0, 0.1) is 5.92 Å². The van der Waals surface area contributed by atoms with E-state index in [9.17, 15) is 9.59 Å². The van der Waals surface area contributed by atoms with E-state index in [-0.39, 0.29) is 11.8 Å². The number of ether oxygens (including phenoxy) is 2. The molecule has 2 unspecified atom stereocenters. The second kappa shape index (κ2) is 7.64. The summed E-state index contributed by atoms with van der Waals surface area (Å²) in [5.74, 6) is 0.617. The van der Waals surface area contributed by atoms with Gasteiger partial charge in [0.05, 0.1) is 25.5 Å². The fraction of sp³-hybridized carbons (Fsp3) is 0.250. The lowest BCUT2D eigenvalue weighted by molar-refractivity contribution is -0.131. The third-order valence-corrected chi connectivity index (χ3v) is 5.97. The number of carbonyl (C=O) groups is 1. The van der Waals surface area contributed by atoms with Crippen LogP contribution in [0.25, 0.3) is 11.0 Å². The van der Waals surface area contributed by atoms with E-state index in [0.717, 1.165) is 10.9 Å². The van der Waals surface area contributed by atoms with Gasteiger partial charge < -0.3 is 13.9 Å². The first-order valence-corrected chi connectivity index (χ1v) is 10.2. The summed E-state index contributed by atoms with van der Waals surface area (Å²) in [6.07, 6.45) is 0.356. The van der Waals surface area contributed by atoms with Gasteiger partial charge in [-0.25, -0.2) is 14.8 Å². The molecular weight excluding hydrogens is 410 g/mol. The van der Waals surface area contributed by atoms with Crippen molar-refractivity contribution in [1.82, 2.24) is 5.01 Å². The first-order valence-electron chi connectivity index (χ1n) is 10.2. The Morgan fingerprint density at radius 3 is 2.66 bits per heavy atom. The van der Waals surface area contributed by atoms with Gasteiger partial charge >= 0.3 is 5.63 Å². The highest BCUT2D eigenvalue weighted by Gasteiger charge is 2.45. The predicted octanol–water partition coefficient (Wildman–Crippen LogP) is 3.19. The SMILES string of the molecule is COc1ccc(C2CC(c3cc4ccccc4oc3=O)=NC3=NN(C)C(=O)C32)c(OC)c1. The van der Waals surface area contributed by atoms with Crippen molar-refractivity contribution in [2.24, 2.45) is 16.0 Å². The lowest BCUT2D eigenvalue weighted by Gasteiger charge is -2.28. The van der Waals surface area contributed by atoms with Crippen molar-refractivity contribution in [3.63, 3.8) is 0 Å². The van der Waals surface area contributed by atoms with E-state index in [1.165, 1.54) is 5.01 Å². The number of amides is 1. The molecule has 2 aliphatic rings. The highest BCUT2D eigenvalue weighted by atomic mass is 16.5. The van der Waals surface area contributed by atoms with Crippen molar-refractivity contribution < 1.29 is 18.7 Å². The van der Waals surface area contributed by atoms with E-state index in [1.54, 1.807) is 39.5 Å². The number of hydrazone groups is 1. The summed E-state index contributed by atoms with van der Waals surface area (Å²) in [6, 6.07) is 14.6. The molecular formula is C24H21N3O5. The zero-order valence-corrected chi connectivity index (χ0v) is 17.9. The van der Waals surface area contributed by atoms with E-state index in [0.29, 0.717) is 40.6 Å². The number of para-hydroxylation sites is 1. The average Bonchev–Trinajstić information content (AvgIpc) is 3.10. The highest BCUT2D eigenvalue weighted by Crippen LogP contribution is 2.43. The average molecular weight is 431 g/mol. The van der Waals surface area contributed by atoms with Crippen LogP contribution in [0.15, 0.2) is 67.8 Å². The third-order valence-electron chi connectivity index (χ3n) is 5.97. The summed E-state index contributed by atoms with van der Waals surface area (Å²) in [5.41, 5.74) is 1.76. The summed E-state index contributed by atoms with van der Waals surface area (Å²) < 4.78 is 16.4. The molecule has 1 amide bonds. The summed E-state index contributed by atoms with van der Waals surface area (Å²) in [5, 5.41) is 6.44. The number of aliphatic imine (C=N–C) groups is 1. The van der Waals surface area contributed by atoms with Gasteiger partial charge in [0.25, 0.3) is 5.91 Å². The van der Waals surface area contributed by atoms with Crippen molar-refractivity contribution in [1.29, 1.82) is 0 Å². The van der Waals surface area contributed by atoms with Crippen molar-refractivity contribution in [3.05, 3.63) is 70.1 Å². The molecule has 162 valence electrons. The number of rotatable bonds is 4. The Hall–Kier alpha value is -3.94. The summed E-state index contributed by atoms with van der Waals surface area (Å²) in [6.45, 7) is 0. The van der Waals surface area contributed by atoms with Crippen LogP contribution in [-0.2, 0) is 4.79 Å². The van der Waals surface area contributed by atoms with Gasteiger partial charge in [-0.05, 0) is 30.2 Å². The van der Waals surface area contributed by atoms with Gasteiger partial charge in [0.2, 0.25) is 0 Å². The van der Waals surface area contributed by atoms with Crippen LogP contribution in [0.1, 0.15) is 23.5 Å². The molecule has 8 nitrogen and oxygen atoms in total. The first-order chi connectivity index (χ1) is 15.5. The number of methoxy groups -OCH3 is 2. The van der Waals surface area contributed by atoms with Crippen LogP contribution in [0.4, 0.5) is 0 Å². The highest BCUT2D eigenvalue weighted by molar-refractivity contribution is 6.18. The zero-order chi connectivity index (χ0) is 22.4. The van der Waals surface area contributed by atoms with Gasteiger partial charge in [0, 0.05) is 24.4 Å².